The number of carboxylic acids is 1. The van der Waals surface area contributed by atoms with Gasteiger partial charge in [0.05, 0.1) is 5.56 Å². The van der Waals surface area contributed by atoms with Crippen molar-refractivity contribution in [1.29, 1.82) is 0 Å². The number of carboxylic acid groups (broad SMARTS) is 1. The van der Waals surface area contributed by atoms with Crippen LogP contribution in [0.5, 0.6) is 0 Å². The van der Waals surface area contributed by atoms with E-state index in [0.29, 0.717) is 18.4 Å². The molecule has 1 aliphatic carbocycles. The third-order valence-corrected chi connectivity index (χ3v) is 4.87. The Hall–Kier alpha value is -3.04. The molecular weight excluding hydrogens is 381 g/mol. The Labute approximate surface area is 157 Å². The SMILES string of the molecule is O=C(O)CNC(=O)C1=C(O)C2(CC2)CN(Cc2ccc(C(F)(F)F)cc2)C1=O. The Morgan fingerprint density at radius 3 is 2.29 bits per heavy atom. The summed E-state index contributed by atoms with van der Waals surface area (Å²) < 4.78 is 38.0. The fourth-order valence-corrected chi connectivity index (χ4v) is 3.18. The molecule has 1 aromatic carbocycles. The van der Waals surface area contributed by atoms with Crippen LogP contribution < -0.4 is 5.32 Å². The Morgan fingerprint density at radius 1 is 1.18 bits per heavy atom. The van der Waals surface area contributed by atoms with E-state index in [2.05, 4.69) is 5.32 Å². The normalized spacial score (nSPS) is 18.4. The van der Waals surface area contributed by atoms with Crippen molar-refractivity contribution in [3.8, 4) is 0 Å². The van der Waals surface area contributed by atoms with Gasteiger partial charge in [0.2, 0.25) is 0 Å². The molecule has 1 spiro atoms. The smallest absolute Gasteiger partial charge is 0.416 e. The molecule has 0 atom stereocenters. The summed E-state index contributed by atoms with van der Waals surface area (Å²) in [6.07, 6.45) is -3.38. The highest BCUT2D eigenvalue weighted by Crippen LogP contribution is 2.54. The first-order chi connectivity index (χ1) is 13.0. The van der Waals surface area contributed by atoms with Gasteiger partial charge in [-0.3, -0.25) is 14.4 Å². The molecule has 7 nitrogen and oxygen atoms in total. The number of benzene rings is 1. The summed E-state index contributed by atoms with van der Waals surface area (Å²) in [5.41, 5.74) is -1.65. The summed E-state index contributed by atoms with van der Waals surface area (Å²) in [4.78, 5) is 36.8. The highest BCUT2D eigenvalue weighted by Gasteiger charge is 2.55. The Bertz CT molecular complexity index is 857. The number of aliphatic carboxylic acids is 1. The summed E-state index contributed by atoms with van der Waals surface area (Å²) in [7, 11) is 0. The fourth-order valence-electron chi connectivity index (χ4n) is 3.18. The van der Waals surface area contributed by atoms with Crippen LogP contribution in [0.25, 0.3) is 0 Å². The summed E-state index contributed by atoms with van der Waals surface area (Å²) in [5.74, 6) is -3.45. The van der Waals surface area contributed by atoms with Gasteiger partial charge in [0.25, 0.3) is 11.8 Å². The second kappa shape index (κ2) is 6.84. The van der Waals surface area contributed by atoms with Crippen molar-refractivity contribution in [2.24, 2.45) is 5.41 Å². The van der Waals surface area contributed by atoms with E-state index < -0.39 is 47.1 Å². The first kappa shape index (κ1) is 19.7. The molecule has 0 saturated heterocycles. The van der Waals surface area contributed by atoms with Crippen LogP contribution in [0.4, 0.5) is 13.2 Å². The molecule has 1 saturated carbocycles. The van der Waals surface area contributed by atoms with Crippen molar-refractivity contribution in [2.75, 3.05) is 13.1 Å². The van der Waals surface area contributed by atoms with Crippen LogP contribution in [0.2, 0.25) is 0 Å². The monoisotopic (exact) mass is 398 g/mol. The fraction of sp³-hybridized carbons (Fsp3) is 0.389. The number of carbonyl (C=O) groups is 3. The maximum Gasteiger partial charge on any atom is 0.416 e. The molecule has 3 rings (SSSR count). The summed E-state index contributed by atoms with van der Waals surface area (Å²) >= 11 is 0. The van der Waals surface area contributed by atoms with E-state index in [1.165, 1.54) is 17.0 Å². The summed E-state index contributed by atoms with van der Waals surface area (Å²) in [6.45, 7) is -0.620. The number of rotatable bonds is 5. The molecule has 1 aromatic rings. The van der Waals surface area contributed by atoms with Gasteiger partial charge in [-0.05, 0) is 30.5 Å². The van der Waals surface area contributed by atoms with Crippen molar-refractivity contribution in [3.05, 3.63) is 46.7 Å². The van der Waals surface area contributed by atoms with Crippen LogP contribution in [0.3, 0.4) is 0 Å². The van der Waals surface area contributed by atoms with E-state index in [1.54, 1.807) is 0 Å². The molecule has 28 heavy (non-hydrogen) atoms. The highest BCUT2D eigenvalue weighted by atomic mass is 19.4. The van der Waals surface area contributed by atoms with E-state index in [0.717, 1.165) is 12.1 Å². The maximum absolute atomic E-state index is 12.7. The minimum atomic E-state index is -4.47. The van der Waals surface area contributed by atoms with Crippen molar-refractivity contribution in [2.45, 2.75) is 25.6 Å². The van der Waals surface area contributed by atoms with Gasteiger partial charge in [0.15, 0.2) is 0 Å². The number of nitrogens with zero attached hydrogens (tertiary/aromatic N) is 1. The lowest BCUT2D eigenvalue weighted by atomic mass is 9.92. The zero-order chi connectivity index (χ0) is 20.7. The average Bonchev–Trinajstić information content (AvgIpc) is 3.38. The lowest BCUT2D eigenvalue weighted by Gasteiger charge is -2.33. The number of nitrogens with one attached hydrogen (secondary N) is 1. The van der Waals surface area contributed by atoms with Crippen molar-refractivity contribution in [3.63, 3.8) is 0 Å². The van der Waals surface area contributed by atoms with Gasteiger partial charge in [-0.2, -0.15) is 13.2 Å². The summed E-state index contributed by atoms with van der Waals surface area (Å²) in [6, 6.07) is 4.31. The van der Waals surface area contributed by atoms with Crippen LogP contribution in [0.15, 0.2) is 35.6 Å². The largest absolute Gasteiger partial charge is 0.511 e. The van der Waals surface area contributed by atoms with Gasteiger partial charge in [-0.15, -0.1) is 0 Å². The third kappa shape index (κ3) is 3.80. The Morgan fingerprint density at radius 2 is 1.79 bits per heavy atom. The van der Waals surface area contributed by atoms with Gasteiger partial charge in [0.1, 0.15) is 17.9 Å². The lowest BCUT2D eigenvalue weighted by Crippen LogP contribution is -2.47. The number of amides is 2. The zero-order valence-electron chi connectivity index (χ0n) is 14.5. The Kier molecular flexibility index (Phi) is 4.82. The standard InChI is InChI=1S/C18H17F3N2O5/c19-18(20,21)11-3-1-10(2-4-11)8-23-9-17(5-6-17)14(26)13(16(23)28)15(27)22-7-12(24)25/h1-4,26H,5-9H2,(H,22,27)(H,24,25). The van der Waals surface area contributed by atoms with Gasteiger partial charge >= 0.3 is 12.1 Å². The lowest BCUT2D eigenvalue weighted by molar-refractivity contribution is -0.139. The molecule has 2 aliphatic rings. The number of alkyl halides is 3. The number of aliphatic hydroxyl groups is 1. The van der Waals surface area contributed by atoms with Crippen molar-refractivity contribution < 1.29 is 37.8 Å². The second-order valence-corrected chi connectivity index (χ2v) is 6.94. The molecule has 0 bridgehead atoms. The molecule has 3 N–H and O–H groups in total. The van der Waals surface area contributed by atoms with E-state index in [1.807, 2.05) is 0 Å². The molecule has 150 valence electrons. The van der Waals surface area contributed by atoms with Crippen LogP contribution in [0, 0.1) is 5.41 Å². The quantitative estimate of drug-likeness (QED) is 0.657. The Balaban J connectivity index is 1.81. The number of carbonyl (C=O) groups excluding carboxylic acids is 2. The molecule has 1 heterocycles. The van der Waals surface area contributed by atoms with Crippen LogP contribution in [0.1, 0.15) is 24.0 Å². The topological polar surface area (TPSA) is 107 Å². The minimum absolute atomic E-state index is 0.0400. The maximum atomic E-state index is 12.7. The van der Waals surface area contributed by atoms with Gasteiger partial charge in [-0.1, -0.05) is 12.1 Å². The molecule has 0 unspecified atom stereocenters. The number of hydrogen-bond donors (Lipinski definition) is 3. The van der Waals surface area contributed by atoms with Crippen molar-refractivity contribution >= 4 is 17.8 Å². The van der Waals surface area contributed by atoms with Crippen LogP contribution >= 0.6 is 0 Å². The first-order valence-corrected chi connectivity index (χ1v) is 8.43. The highest BCUT2D eigenvalue weighted by molar-refractivity contribution is 6.19. The van der Waals surface area contributed by atoms with Crippen LogP contribution in [-0.4, -0.2) is 46.0 Å². The van der Waals surface area contributed by atoms with Crippen molar-refractivity contribution in [1.82, 2.24) is 10.2 Å². The molecule has 1 aliphatic heterocycles. The van der Waals surface area contributed by atoms with E-state index in [-0.39, 0.29) is 18.8 Å². The third-order valence-electron chi connectivity index (χ3n) is 4.87. The van der Waals surface area contributed by atoms with E-state index in [4.69, 9.17) is 5.11 Å². The van der Waals surface area contributed by atoms with Gasteiger partial charge in [0, 0.05) is 18.5 Å². The molecule has 10 heteroatoms. The first-order valence-electron chi connectivity index (χ1n) is 8.43. The number of aliphatic hydroxyl groups excluding tert-OH is 1. The second-order valence-electron chi connectivity index (χ2n) is 6.94. The molecule has 0 radical (unpaired) electrons. The molecule has 0 aromatic heterocycles. The molecule has 1 fully saturated rings. The minimum Gasteiger partial charge on any atom is -0.511 e. The predicted molar refractivity (Wildman–Crippen MR) is 88.8 cm³/mol. The van der Waals surface area contributed by atoms with E-state index in [9.17, 15) is 32.7 Å². The zero-order valence-corrected chi connectivity index (χ0v) is 14.5. The van der Waals surface area contributed by atoms with Crippen LogP contribution in [-0.2, 0) is 27.1 Å². The predicted octanol–water partition coefficient (Wildman–Crippen LogP) is 1.84. The van der Waals surface area contributed by atoms with Gasteiger partial charge < -0.3 is 20.4 Å². The average molecular weight is 398 g/mol. The number of hydrogen-bond acceptors (Lipinski definition) is 4. The molecule has 2 amide bonds. The molecular formula is C18H17F3N2O5. The summed E-state index contributed by atoms with van der Waals surface area (Å²) in [5, 5.41) is 21.1. The van der Waals surface area contributed by atoms with E-state index >= 15 is 0 Å². The van der Waals surface area contributed by atoms with Gasteiger partial charge in [-0.25, -0.2) is 0 Å². The number of halogens is 3.